The zero-order valence-corrected chi connectivity index (χ0v) is 20.2. The Hall–Kier alpha value is -2.14. The Morgan fingerprint density at radius 1 is 1.16 bits per heavy atom. The molecular weight excluding hydrogens is 474 g/mol. The fourth-order valence-corrected chi connectivity index (χ4v) is 7.15. The summed E-state index contributed by atoms with van der Waals surface area (Å²) in [5.41, 5.74) is 1.66. The minimum Gasteiger partial charge on any atom is -0.495 e. The van der Waals surface area contributed by atoms with Crippen LogP contribution in [0.25, 0.3) is 0 Å². The van der Waals surface area contributed by atoms with Gasteiger partial charge >= 0.3 is 0 Å². The summed E-state index contributed by atoms with van der Waals surface area (Å²) in [7, 11) is -2.07. The lowest BCUT2D eigenvalue weighted by Crippen LogP contribution is -2.52. The average molecular weight is 498 g/mol. The van der Waals surface area contributed by atoms with E-state index < -0.39 is 15.9 Å². The third-order valence-corrected chi connectivity index (χ3v) is 9.39. The van der Waals surface area contributed by atoms with Crippen molar-refractivity contribution < 1.29 is 22.7 Å². The van der Waals surface area contributed by atoms with Crippen LogP contribution in [0.5, 0.6) is 5.75 Å². The molecule has 1 atom stereocenters. The Morgan fingerprint density at radius 3 is 2.50 bits per heavy atom. The summed E-state index contributed by atoms with van der Waals surface area (Å²) >= 11 is 6.90. The highest BCUT2D eigenvalue weighted by molar-refractivity contribution is 7.91. The van der Waals surface area contributed by atoms with E-state index in [4.69, 9.17) is 16.3 Å². The predicted octanol–water partition coefficient (Wildman–Crippen LogP) is 2.60. The Kier molecular flexibility index (Phi) is 6.49. The summed E-state index contributed by atoms with van der Waals surface area (Å²) in [6.45, 7) is 3.21. The summed E-state index contributed by atoms with van der Waals surface area (Å²) in [6, 6.07) is 8.66. The molecule has 2 amide bonds. The number of nitrogens with zero attached hydrogens (tertiary/aromatic N) is 3. The molecule has 172 valence electrons. The van der Waals surface area contributed by atoms with Gasteiger partial charge in [0, 0.05) is 39.1 Å². The van der Waals surface area contributed by atoms with E-state index in [0.29, 0.717) is 15.8 Å². The highest BCUT2D eigenvalue weighted by Gasteiger charge is 2.40. The van der Waals surface area contributed by atoms with Crippen LogP contribution in [0.3, 0.4) is 0 Å². The highest BCUT2D eigenvalue weighted by Crippen LogP contribution is 2.35. The Balaban J connectivity index is 1.41. The molecule has 2 saturated heterocycles. The number of anilines is 1. The predicted molar refractivity (Wildman–Crippen MR) is 123 cm³/mol. The second-order valence-corrected chi connectivity index (χ2v) is 11.7. The van der Waals surface area contributed by atoms with E-state index in [1.54, 1.807) is 23.0 Å². The van der Waals surface area contributed by atoms with Crippen LogP contribution in [0.2, 0.25) is 4.34 Å². The van der Waals surface area contributed by atoms with Crippen molar-refractivity contribution in [3.63, 3.8) is 0 Å². The molecule has 1 aromatic heterocycles. The summed E-state index contributed by atoms with van der Waals surface area (Å²) in [6.07, 6.45) is 0.127. The van der Waals surface area contributed by atoms with E-state index in [1.807, 2.05) is 25.1 Å². The number of benzene rings is 1. The van der Waals surface area contributed by atoms with Gasteiger partial charge in [0.05, 0.1) is 23.1 Å². The first-order valence-corrected chi connectivity index (χ1v) is 12.8. The van der Waals surface area contributed by atoms with Crippen LogP contribution in [0.1, 0.15) is 12.0 Å². The Labute approximate surface area is 196 Å². The van der Waals surface area contributed by atoms with E-state index in [1.165, 1.54) is 10.4 Å². The zero-order valence-electron chi connectivity index (χ0n) is 17.8. The number of carbonyl (C=O) groups excluding carboxylic acids is 2. The third-order valence-electron chi connectivity index (χ3n) is 5.79. The molecule has 0 bridgehead atoms. The molecule has 32 heavy (non-hydrogen) atoms. The van der Waals surface area contributed by atoms with E-state index in [2.05, 4.69) is 0 Å². The number of sulfonamides is 1. The fraction of sp³-hybridized carbons (Fsp3) is 0.429. The second-order valence-electron chi connectivity index (χ2n) is 7.87. The van der Waals surface area contributed by atoms with Crippen molar-refractivity contribution in [2.75, 3.05) is 44.7 Å². The van der Waals surface area contributed by atoms with Gasteiger partial charge in [0.25, 0.3) is 10.0 Å². The number of hydrogen-bond acceptors (Lipinski definition) is 6. The van der Waals surface area contributed by atoms with Crippen molar-refractivity contribution in [1.82, 2.24) is 9.21 Å². The van der Waals surface area contributed by atoms with Crippen molar-refractivity contribution >= 4 is 50.5 Å². The first-order valence-electron chi connectivity index (χ1n) is 10.2. The molecule has 0 radical (unpaired) electrons. The first-order chi connectivity index (χ1) is 15.2. The summed E-state index contributed by atoms with van der Waals surface area (Å²) in [4.78, 5) is 29.1. The van der Waals surface area contributed by atoms with Crippen molar-refractivity contribution in [3.05, 3.63) is 40.2 Å². The third kappa shape index (κ3) is 4.36. The van der Waals surface area contributed by atoms with Crippen molar-refractivity contribution in [3.8, 4) is 5.75 Å². The maximum absolute atomic E-state index is 13.1. The van der Waals surface area contributed by atoms with Crippen LogP contribution in [-0.4, -0.2) is 69.3 Å². The van der Waals surface area contributed by atoms with Gasteiger partial charge in [0.2, 0.25) is 11.8 Å². The van der Waals surface area contributed by atoms with Crippen LogP contribution in [-0.2, 0) is 19.6 Å². The first kappa shape index (κ1) is 23.0. The topological polar surface area (TPSA) is 87.2 Å². The number of ether oxygens (including phenoxy) is 1. The number of piperazine rings is 1. The molecule has 2 aliphatic heterocycles. The second kappa shape index (κ2) is 9.01. The monoisotopic (exact) mass is 497 g/mol. The number of methoxy groups -OCH3 is 1. The molecule has 1 aromatic carbocycles. The Morgan fingerprint density at radius 2 is 1.88 bits per heavy atom. The van der Waals surface area contributed by atoms with Crippen LogP contribution in [0.15, 0.2) is 34.5 Å². The number of thiophene rings is 1. The number of amides is 2. The molecular formula is C21H24ClN3O5S2. The van der Waals surface area contributed by atoms with Gasteiger partial charge in [-0.2, -0.15) is 4.31 Å². The number of halogens is 1. The normalized spacial score (nSPS) is 20.1. The molecule has 2 aliphatic rings. The molecule has 0 saturated carbocycles. The molecule has 2 fully saturated rings. The number of aryl methyl sites for hydroxylation is 1. The molecule has 8 nitrogen and oxygen atoms in total. The van der Waals surface area contributed by atoms with Crippen LogP contribution >= 0.6 is 22.9 Å². The van der Waals surface area contributed by atoms with E-state index >= 15 is 0 Å². The van der Waals surface area contributed by atoms with E-state index in [-0.39, 0.29) is 55.2 Å². The summed E-state index contributed by atoms with van der Waals surface area (Å²) in [5, 5.41) is 0. The molecule has 3 heterocycles. The number of rotatable bonds is 5. The van der Waals surface area contributed by atoms with Gasteiger partial charge < -0.3 is 14.5 Å². The smallest absolute Gasteiger partial charge is 0.252 e. The Bertz CT molecular complexity index is 1140. The van der Waals surface area contributed by atoms with Crippen molar-refractivity contribution in [2.45, 2.75) is 17.6 Å². The van der Waals surface area contributed by atoms with Crippen molar-refractivity contribution in [2.24, 2.45) is 5.92 Å². The van der Waals surface area contributed by atoms with Gasteiger partial charge in [-0.15, -0.1) is 11.3 Å². The lowest BCUT2D eigenvalue weighted by Gasteiger charge is -2.35. The lowest BCUT2D eigenvalue weighted by atomic mass is 10.1. The quantitative estimate of drug-likeness (QED) is 0.633. The molecule has 2 aromatic rings. The molecule has 0 spiro atoms. The van der Waals surface area contributed by atoms with E-state index in [9.17, 15) is 18.0 Å². The standard InChI is InChI=1S/C21H24ClN3O5S2/c1-14-3-4-17(30-2)16(11-14)25-13-15(12-19(25)26)21(27)23-7-9-24(10-8-23)32(28,29)20-6-5-18(22)31-20/h3-6,11,15H,7-10,12-13H2,1-2H3/t15-/m1/s1. The van der Waals surface area contributed by atoms with Crippen molar-refractivity contribution in [1.29, 1.82) is 0 Å². The van der Waals surface area contributed by atoms with Gasteiger partial charge in [-0.25, -0.2) is 8.42 Å². The van der Waals surface area contributed by atoms with Crippen LogP contribution < -0.4 is 9.64 Å². The highest BCUT2D eigenvalue weighted by atomic mass is 35.5. The van der Waals surface area contributed by atoms with Gasteiger partial charge in [-0.05, 0) is 36.8 Å². The lowest BCUT2D eigenvalue weighted by molar-refractivity contribution is -0.136. The van der Waals surface area contributed by atoms with E-state index in [0.717, 1.165) is 16.9 Å². The molecule has 11 heteroatoms. The van der Waals surface area contributed by atoms with Gasteiger partial charge in [0.1, 0.15) is 9.96 Å². The van der Waals surface area contributed by atoms with Gasteiger partial charge in [-0.1, -0.05) is 17.7 Å². The number of hydrogen-bond donors (Lipinski definition) is 0. The van der Waals surface area contributed by atoms with Crippen LogP contribution in [0.4, 0.5) is 5.69 Å². The summed E-state index contributed by atoms with van der Waals surface area (Å²) < 4.78 is 32.9. The molecule has 4 rings (SSSR count). The van der Waals surface area contributed by atoms with Crippen LogP contribution in [0, 0.1) is 12.8 Å². The minimum absolute atomic E-state index is 0.122. The molecule has 0 N–H and O–H groups in total. The van der Waals surface area contributed by atoms with Gasteiger partial charge in [-0.3, -0.25) is 9.59 Å². The average Bonchev–Trinajstić information content (AvgIpc) is 3.39. The number of carbonyl (C=O) groups is 2. The molecule has 0 unspecified atom stereocenters. The fourth-order valence-electron chi connectivity index (χ4n) is 4.09. The van der Waals surface area contributed by atoms with Gasteiger partial charge in [0.15, 0.2) is 0 Å². The SMILES string of the molecule is COc1ccc(C)cc1N1C[C@H](C(=O)N2CCN(S(=O)(=O)c3ccc(Cl)s3)CC2)CC1=O. The largest absolute Gasteiger partial charge is 0.495 e. The maximum Gasteiger partial charge on any atom is 0.252 e. The maximum atomic E-state index is 13.1. The molecule has 0 aliphatic carbocycles. The summed E-state index contributed by atoms with van der Waals surface area (Å²) in [5.74, 6) is -0.122. The zero-order chi connectivity index (χ0) is 23.0. The minimum atomic E-state index is -3.62.